The molecule has 0 aliphatic carbocycles. The number of benzene rings is 3. The predicted octanol–water partition coefficient (Wildman–Crippen LogP) is 4.25. The molecule has 0 spiro atoms. The van der Waals surface area contributed by atoms with Crippen molar-refractivity contribution in [1.82, 2.24) is 0 Å². The third-order valence-electron chi connectivity index (χ3n) is 3.74. The van der Waals surface area contributed by atoms with Gasteiger partial charge in [-0.25, -0.2) is 0 Å². The second-order valence-corrected chi connectivity index (χ2v) is 5.49. The van der Waals surface area contributed by atoms with Crippen LogP contribution in [-0.2, 0) is 4.79 Å². The first-order valence-corrected chi connectivity index (χ1v) is 7.76. The largest absolute Gasteiger partial charge is 0.497 e. The van der Waals surface area contributed by atoms with Crippen LogP contribution in [-0.4, -0.2) is 19.1 Å². The van der Waals surface area contributed by atoms with Crippen LogP contribution in [0.15, 0.2) is 66.7 Å². The highest BCUT2D eigenvalue weighted by Gasteiger charge is 2.15. The molecule has 0 heterocycles. The molecule has 122 valence electrons. The Bertz CT molecular complexity index is 860. The summed E-state index contributed by atoms with van der Waals surface area (Å²) >= 11 is 0. The van der Waals surface area contributed by atoms with Crippen molar-refractivity contribution in [3.63, 3.8) is 0 Å². The number of fused-ring (bicyclic) bond motifs is 1. The van der Waals surface area contributed by atoms with Gasteiger partial charge in [0.2, 0.25) is 0 Å². The van der Waals surface area contributed by atoms with Crippen LogP contribution in [0.5, 0.6) is 11.5 Å². The molecule has 0 unspecified atom stereocenters. The highest BCUT2D eigenvalue weighted by atomic mass is 16.5. The minimum absolute atomic E-state index is 0.201. The molecule has 4 heteroatoms. The zero-order valence-electron chi connectivity index (χ0n) is 13.7. The van der Waals surface area contributed by atoms with E-state index in [1.165, 1.54) is 0 Å². The van der Waals surface area contributed by atoms with Crippen LogP contribution in [0, 0.1) is 0 Å². The average Bonchev–Trinajstić information content (AvgIpc) is 2.61. The molecule has 0 aliphatic heterocycles. The molecule has 1 amide bonds. The molecule has 1 atom stereocenters. The summed E-state index contributed by atoms with van der Waals surface area (Å²) in [7, 11) is 1.59. The summed E-state index contributed by atoms with van der Waals surface area (Å²) < 4.78 is 10.8. The normalized spacial score (nSPS) is 11.8. The van der Waals surface area contributed by atoms with Crippen LogP contribution in [0.4, 0.5) is 5.69 Å². The van der Waals surface area contributed by atoms with Crippen LogP contribution in [0.25, 0.3) is 10.8 Å². The molecule has 0 saturated carbocycles. The third kappa shape index (κ3) is 3.66. The lowest BCUT2D eigenvalue weighted by atomic mass is 10.1. The molecule has 3 aromatic rings. The Morgan fingerprint density at radius 1 is 0.917 bits per heavy atom. The molecule has 1 N–H and O–H groups in total. The summed E-state index contributed by atoms with van der Waals surface area (Å²) in [4.78, 5) is 12.3. The lowest BCUT2D eigenvalue weighted by Crippen LogP contribution is -2.30. The molecule has 24 heavy (non-hydrogen) atoms. The zero-order valence-corrected chi connectivity index (χ0v) is 13.7. The lowest BCUT2D eigenvalue weighted by Gasteiger charge is -2.15. The summed E-state index contributed by atoms with van der Waals surface area (Å²) in [6.45, 7) is 1.72. The maximum absolute atomic E-state index is 12.3. The van der Waals surface area contributed by atoms with Crippen LogP contribution in [0.2, 0.25) is 0 Å². The van der Waals surface area contributed by atoms with Gasteiger partial charge in [0, 0.05) is 11.8 Å². The highest BCUT2D eigenvalue weighted by molar-refractivity contribution is 5.96. The quantitative estimate of drug-likeness (QED) is 0.764. The Morgan fingerprint density at radius 3 is 2.46 bits per heavy atom. The second-order valence-electron chi connectivity index (χ2n) is 5.49. The predicted molar refractivity (Wildman–Crippen MR) is 95.7 cm³/mol. The van der Waals surface area contributed by atoms with Crippen LogP contribution < -0.4 is 14.8 Å². The molecule has 0 saturated heterocycles. The number of rotatable bonds is 5. The molecule has 3 rings (SSSR count). The first-order valence-electron chi connectivity index (χ1n) is 7.76. The van der Waals surface area contributed by atoms with E-state index in [-0.39, 0.29) is 5.91 Å². The summed E-state index contributed by atoms with van der Waals surface area (Å²) in [6, 6.07) is 21.0. The number of methoxy groups -OCH3 is 1. The number of nitrogens with one attached hydrogen (secondary N) is 1. The lowest BCUT2D eigenvalue weighted by molar-refractivity contribution is -0.122. The van der Waals surface area contributed by atoms with Gasteiger partial charge >= 0.3 is 0 Å². The Hall–Kier alpha value is -3.01. The Balaban J connectivity index is 1.68. The summed E-state index contributed by atoms with van der Waals surface area (Å²) in [5, 5.41) is 5.10. The van der Waals surface area contributed by atoms with Gasteiger partial charge in [0.25, 0.3) is 5.91 Å². The van der Waals surface area contributed by atoms with Crippen LogP contribution in [0.3, 0.4) is 0 Å². The van der Waals surface area contributed by atoms with Crippen LogP contribution in [0.1, 0.15) is 6.92 Å². The number of hydrogen-bond donors (Lipinski definition) is 1. The van der Waals surface area contributed by atoms with Crippen molar-refractivity contribution in [2.75, 3.05) is 12.4 Å². The maximum Gasteiger partial charge on any atom is 0.265 e. The van der Waals surface area contributed by atoms with Crippen molar-refractivity contribution in [1.29, 1.82) is 0 Å². The summed E-state index contributed by atoms with van der Waals surface area (Å²) in [5.74, 6) is 1.08. The van der Waals surface area contributed by atoms with Crippen molar-refractivity contribution >= 4 is 22.4 Å². The van der Waals surface area contributed by atoms with E-state index in [0.29, 0.717) is 11.5 Å². The van der Waals surface area contributed by atoms with E-state index < -0.39 is 6.10 Å². The Morgan fingerprint density at radius 2 is 1.67 bits per heavy atom. The zero-order chi connectivity index (χ0) is 16.9. The summed E-state index contributed by atoms with van der Waals surface area (Å²) in [5.41, 5.74) is 0.750. The molecular weight excluding hydrogens is 302 g/mol. The molecular formula is C20H19NO3. The Kier molecular flexibility index (Phi) is 4.66. The molecule has 0 aromatic heterocycles. The van der Waals surface area contributed by atoms with Gasteiger partial charge in [-0.1, -0.05) is 36.4 Å². The molecule has 4 nitrogen and oxygen atoms in total. The van der Waals surface area contributed by atoms with Crippen molar-refractivity contribution in [2.24, 2.45) is 0 Å². The fourth-order valence-electron chi connectivity index (χ4n) is 2.44. The smallest absolute Gasteiger partial charge is 0.265 e. The van der Waals surface area contributed by atoms with Crippen LogP contribution >= 0.6 is 0 Å². The summed E-state index contributed by atoms with van der Waals surface area (Å²) in [6.07, 6.45) is -0.622. The Labute approximate surface area is 141 Å². The number of anilines is 1. The molecule has 0 aliphatic rings. The molecule has 3 aromatic carbocycles. The van der Waals surface area contributed by atoms with E-state index in [2.05, 4.69) is 5.32 Å². The number of amides is 1. The van der Waals surface area contributed by atoms with Gasteiger partial charge in [-0.05, 0) is 42.0 Å². The number of ether oxygens (including phenoxy) is 2. The van der Waals surface area contributed by atoms with E-state index in [1.807, 2.05) is 54.6 Å². The molecule has 0 bridgehead atoms. The van der Waals surface area contributed by atoms with Crippen molar-refractivity contribution < 1.29 is 14.3 Å². The number of carbonyl (C=O) groups excluding carboxylic acids is 1. The van der Waals surface area contributed by atoms with Crippen molar-refractivity contribution in [3.8, 4) is 11.5 Å². The SMILES string of the molecule is COc1cccc(O[C@@H](C)C(=O)Nc2ccc3ccccc3c2)c1. The topological polar surface area (TPSA) is 47.6 Å². The fraction of sp³-hybridized carbons (Fsp3) is 0.150. The monoisotopic (exact) mass is 321 g/mol. The number of carbonyl (C=O) groups is 1. The molecule has 0 fully saturated rings. The molecule has 0 radical (unpaired) electrons. The highest BCUT2D eigenvalue weighted by Crippen LogP contribution is 2.21. The van der Waals surface area contributed by atoms with Crippen molar-refractivity contribution in [2.45, 2.75) is 13.0 Å². The van der Waals surface area contributed by atoms with E-state index in [0.717, 1.165) is 16.5 Å². The van der Waals surface area contributed by atoms with E-state index in [1.54, 1.807) is 26.2 Å². The van der Waals surface area contributed by atoms with Gasteiger partial charge < -0.3 is 14.8 Å². The second kappa shape index (κ2) is 7.04. The van der Waals surface area contributed by atoms with Gasteiger partial charge in [0.15, 0.2) is 6.10 Å². The first-order chi connectivity index (χ1) is 11.7. The minimum Gasteiger partial charge on any atom is -0.497 e. The van der Waals surface area contributed by atoms with Gasteiger partial charge in [-0.2, -0.15) is 0 Å². The number of hydrogen-bond acceptors (Lipinski definition) is 3. The minimum atomic E-state index is -0.622. The van der Waals surface area contributed by atoms with E-state index in [4.69, 9.17) is 9.47 Å². The fourth-order valence-corrected chi connectivity index (χ4v) is 2.44. The van der Waals surface area contributed by atoms with Gasteiger partial charge in [0.1, 0.15) is 11.5 Å². The van der Waals surface area contributed by atoms with Gasteiger partial charge in [0.05, 0.1) is 7.11 Å². The maximum atomic E-state index is 12.3. The average molecular weight is 321 g/mol. The van der Waals surface area contributed by atoms with Crippen molar-refractivity contribution in [3.05, 3.63) is 66.7 Å². The van der Waals surface area contributed by atoms with E-state index in [9.17, 15) is 4.79 Å². The van der Waals surface area contributed by atoms with E-state index >= 15 is 0 Å². The third-order valence-corrected chi connectivity index (χ3v) is 3.74. The standard InChI is InChI=1S/C20H19NO3/c1-14(24-19-9-5-8-18(13-19)23-2)20(22)21-17-11-10-15-6-3-4-7-16(15)12-17/h3-14H,1-2H3,(H,21,22)/t14-/m0/s1. The van der Waals surface area contributed by atoms with Gasteiger partial charge in [-0.15, -0.1) is 0 Å². The van der Waals surface area contributed by atoms with Gasteiger partial charge in [-0.3, -0.25) is 4.79 Å². The first kappa shape index (κ1) is 15.9.